The van der Waals surface area contributed by atoms with Crippen LogP contribution < -0.4 is 0 Å². The van der Waals surface area contributed by atoms with Crippen molar-refractivity contribution in [2.24, 2.45) is 0 Å². The molecule has 1 radical (unpaired) electrons. The molecule has 2 aromatic carbocycles. The molecule has 0 amide bonds. The molecule has 0 saturated carbocycles. The van der Waals surface area contributed by atoms with Crippen LogP contribution in [0.5, 0.6) is 17.2 Å². The van der Waals surface area contributed by atoms with Gasteiger partial charge in [-0.25, -0.2) is 0 Å². The highest BCUT2D eigenvalue weighted by Crippen LogP contribution is 2.21. The second kappa shape index (κ2) is 4.61. The zero-order chi connectivity index (χ0) is 12.3. The summed E-state index contributed by atoms with van der Waals surface area (Å²) in [6, 6.07) is 12.1. The van der Waals surface area contributed by atoms with Crippen LogP contribution >= 0.6 is 0 Å². The van der Waals surface area contributed by atoms with Crippen LogP contribution in [0.3, 0.4) is 0 Å². The van der Waals surface area contributed by atoms with Crippen molar-refractivity contribution in [1.29, 1.82) is 0 Å². The maximum absolute atomic E-state index is 9.28. The van der Waals surface area contributed by atoms with Crippen molar-refractivity contribution >= 4 is 12.2 Å². The molecule has 0 heterocycles. The van der Waals surface area contributed by atoms with Crippen molar-refractivity contribution in [3.63, 3.8) is 0 Å². The van der Waals surface area contributed by atoms with E-state index in [0.29, 0.717) is 5.56 Å². The van der Waals surface area contributed by atoms with E-state index in [0.717, 1.165) is 5.56 Å². The molecule has 3 heteroatoms. The van der Waals surface area contributed by atoms with Crippen molar-refractivity contribution in [3.8, 4) is 17.2 Å². The lowest BCUT2D eigenvalue weighted by Gasteiger charge is -1.98. The van der Waals surface area contributed by atoms with Gasteiger partial charge >= 0.3 is 0 Å². The fraction of sp³-hybridized carbons (Fsp3) is 0. The van der Waals surface area contributed by atoms with Crippen LogP contribution in [-0.2, 0) is 0 Å². The van der Waals surface area contributed by atoms with E-state index < -0.39 is 0 Å². The quantitative estimate of drug-likeness (QED) is 0.691. The molecule has 3 nitrogen and oxygen atoms in total. The Bertz CT molecular complexity index is 522. The molecular formula is C14H11O3. The molecule has 0 aromatic heterocycles. The van der Waals surface area contributed by atoms with Gasteiger partial charge in [0.1, 0.15) is 17.2 Å². The van der Waals surface area contributed by atoms with Crippen LogP contribution in [0.4, 0.5) is 0 Å². The SMILES string of the molecule is Oc1[c]c(C=Cc2ccc(O)cc2)cc(O)c1. The van der Waals surface area contributed by atoms with Gasteiger partial charge in [0, 0.05) is 12.1 Å². The summed E-state index contributed by atoms with van der Waals surface area (Å²) in [5.74, 6) is 0.102. The Kier molecular flexibility index (Phi) is 3.01. The topological polar surface area (TPSA) is 60.7 Å². The van der Waals surface area contributed by atoms with Gasteiger partial charge in [0.15, 0.2) is 0 Å². The largest absolute Gasteiger partial charge is 0.508 e. The Morgan fingerprint density at radius 3 is 2.18 bits per heavy atom. The van der Waals surface area contributed by atoms with E-state index in [4.69, 9.17) is 5.11 Å². The van der Waals surface area contributed by atoms with Gasteiger partial charge in [0.25, 0.3) is 0 Å². The van der Waals surface area contributed by atoms with Gasteiger partial charge < -0.3 is 15.3 Å². The third-order valence-electron chi connectivity index (χ3n) is 2.21. The van der Waals surface area contributed by atoms with Crippen molar-refractivity contribution in [2.45, 2.75) is 0 Å². The third kappa shape index (κ3) is 3.01. The van der Waals surface area contributed by atoms with Crippen LogP contribution in [0.1, 0.15) is 11.1 Å². The average molecular weight is 227 g/mol. The number of phenolic OH excluding ortho intramolecular Hbond substituents is 3. The standard InChI is InChI=1S/C14H11O3/c15-12-5-3-10(4-6-12)1-2-11-7-13(16)9-14(17)8-11/h1-7,9,15-17H. The van der Waals surface area contributed by atoms with E-state index in [1.807, 2.05) is 0 Å². The van der Waals surface area contributed by atoms with E-state index in [1.54, 1.807) is 36.4 Å². The molecule has 0 fully saturated rings. The summed E-state index contributed by atoms with van der Waals surface area (Å²) < 4.78 is 0. The van der Waals surface area contributed by atoms with E-state index in [1.165, 1.54) is 12.1 Å². The lowest BCUT2D eigenvalue weighted by Crippen LogP contribution is -1.75. The number of aromatic hydroxyl groups is 3. The second-order valence-corrected chi connectivity index (χ2v) is 3.60. The molecule has 0 aliphatic heterocycles. The van der Waals surface area contributed by atoms with E-state index in [9.17, 15) is 10.2 Å². The minimum absolute atomic E-state index is 0.00777. The molecule has 3 N–H and O–H groups in total. The lowest BCUT2D eigenvalue weighted by atomic mass is 10.1. The molecule has 2 rings (SSSR count). The van der Waals surface area contributed by atoms with Gasteiger partial charge in [-0.3, -0.25) is 0 Å². The van der Waals surface area contributed by atoms with Crippen LogP contribution in [0.2, 0.25) is 0 Å². The summed E-state index contributed by atoms with van der Waals surface area (Å²) in [7, 11) is 0. The Balaban J connectivity index is 2.22. The summed E-state index contributed by atoms with van der Waals surface area (Å²) >= 11 is 0. The van der Waals surface area contributed by atoms with Gasteiger partial charge in [-0.2, -0.15) is 0 Å². The van der Waals surface area contributed by atoms with Crippen LogP contribution in [0.25, 0.3) is 12.2 Å². The van der Waals surface area contributed by atoms with Crippen LogP contribution in [-0.4, -0.2) is 15.3 Å². The fourth-order valence-electron chi connectivity index (χ4n) is 1.42. The molecule has 0 spiro atoms. The van der Waals surface area contributed by atoms with Gasteiger partial charge in [-0.15, -0.1) is 0 Å². The predicted octanol–water partition coefficient (Wildman–Crippen LogP) is 2.77. The Hall–Kier alpha value is -2.42. The van der Waals surface area contributed by atoms with Crippen molar-refractivity contribution in [3.05, 3.63) is 53.6 Å². The van der Waals surface area contributed by atoms with Gasteiger partial charge in [0.05, 0.1) is 0 Å². The molecule has 0 unspecified atom stereocenters. The molecule has 0 saturated heterocycles. The average Bonchev–Trinajstić information content (AvgIpc) is 2.27. The van der Waals surface area contributed by atoms with Gasteiger partial charge in [-0.05, 0) is 29.3 Å². The maximum atomic E-state index is 9.28. The summed E-state index contributed by atoms with van der Waals surface area (Å²) in [5.41, 5.74) is 1.48. The summed E-state index contributed by atoms with van der Waals surface area (Å²) in [5, 5.41) is 27.6. The van der Waals surface area contributed by atoms with E-state index >= 15 is 0 Å². The summed E-state index contributed by atoms with van der Waals surface area (Å²) in [6.07, 6.45) is 3.51. The van der Waals surface area contributed by atoms with E-state index in [-0.39, 0.29) is 17.2 Å². The molecule has 17 heavy (non-hydrogen) atoms. The first-order chi connectivity index (χ1) is 8.13. The number of phenols is 3. The zero-order valence-corrected chi connectivity index (χ0v) is 8.96. The molecule has 0 aliphatic carbocycles. The fourth-order valence-corrected chi connectivity index (χ4v) is 1.42. The normalized spacial score (nSPS) is 10.8. The number of hydrogen-bond donors (Lipinski definition) is 3. The molecular weight excluding hydrogens is 216 g/mol. The first-order valence-electron chi connectivity index (χ1n) is 5.06. The number of rotatable bonds is 2. The monoisotopic (exact) mass is 227 g/mol. The maximum Gasteiger partial charge on any atom is 0.127 e. The number of benzene rings is 2. The Morgan fingerprint density at radius 1 is 0.824 bits per heavy atom. The Labute approximate surface area is 98.9 Å². The smallest absolute Gasteiger partial charge is 0.127 e. The van der Waals surface area contributed by atoms with E-state index in [2.05, 4.69) is 6.07 Å². The highest BCUT2D eigenvalue weighted by molar-refractivity contribution is 5.70. The first-order valence-corrected chi connectivity index (χ1v) is 5.06. The lowest BCUT2D eigenvalue weighted by molar-refractivity contribution is 0.449. The van der Waals surface area contributed by atoms with Crippen molar-refractivity contribution in [1.82, 2.24) is 0 Å². The van der Waals surface area contributed by atoms with Crippen LogP contribution in [0.15, 0.2) is 36.4 Å². The molecule has 0 aliphatic rings. The van der Waals surface area contributed by atoms with Gasteiger partial charge in [0.2, 0.25) is 0 Å². The summed E-state index contributed by atoms with van der Waals surface area (Å²) in [4.78, 5) is 0. The molecule has 0 atom stereocenters. The highest BCUT2D eigenvalue weighted by atomic mass is 16.3. The highest BCUT2D eigenvalue weighted by Gasteiger charge is 1.96. The minimum atomic E-state index is -0.102. The number of hydrogen-bond acceptors (Lipinski definition) is 3. The Morgan fingerprint density at radius 2 is 1.53 bits per heavy atom. The molecule has 2 aromatic rings. The minimum Gasteiger partial charge on any atom is -0.508 e. The third-order valence-corrected chi connectivity index (χ3v) is 2.21. The zero-order valence-electron chi connectivity index (χ0n) is 8.96. The predicted molar refractivity (Wildman–Crippen MR) is 65.6 cm³/mol. The molecule has 0 bridgehead atoms. The van der Waals surface area contributed by atoms with Crippen molar-refractivity contribution < 1.29 is 15.3 Å². The second-order valence-electron chi connectivity index (χ2n) is 3.60. The molecule has 85 valence electrons. The van der Waals surface area contributed by atoms with Gasteiger partial charge in [-0.1, -0.05) is 24.3 Å². The first kappa shape index (κ1) is 11.1. The summed E-state index contributed by atoms with van der Waals surface area (Å²) in [6.45, 7) is 0. The van der Waals surface area contributed by atoms with Crippen molar-refractivity contribution in [2.75, 3.05) is 0 Å². The van der Waals surface area contributed by atoms with Crippen LogP contribution in [0, 0.1) is 6.07 Å².